The molecule has 152 valence electrons. The Labute approximate surface area is 174 Å². The van der Waals surface area contributed by atoms with Gasteiger partial charge in [-0.15, -0.1) is 16.4 Å². The smallest absolute Gasteiger partial charge is 0.118 e. The van der Waals surface area contributed by atoms with Gasteiger partial charge in [0.05, 0.1) is 24.9 Å². The number of likely N-dealkylation sites (tertiary alicyclic amines) is 1. The molecule has 2 fully saturated rings. The number of nitrogens with zero attached hydrogens (tertiary/aromatic N) is 4. The average molecular weight is 411 g/mol. The van der Waals surface area contributed by atoms with E-state index in [9.17, 15) is 5.11 Å². The Morgan fingerprint density at radius 2 is 2.03 bits per heavy atom. The molecular formula is C22H26N4O2S. The summed E-state index contributed by atoms with van der Waals surface area (Å²) in [5.41, 5.74) is 2.31. The van der Waals surface area contributed by atoms with Gasteiger partial charge in [-0.1, -0.05) is 23.4 Å². The van der Waals surface area contributed by atoms with Gasteiger partial charge in [-0.3, -0.25) is 4.90 Å². The van der Waals surface area contributed by atoms with E-state index >= 15 is 0 Å². The molecule has 2 aromatic heterocycles. The molecule has 0 amide bonds. The van der Waals surface area contributed by atoms with Crippen molar-refractivity contribution in [2.24, 2.45) is 0 Å². The van der Waals surface area contributed by atoms with Crippen LogP contribution in [0.25, 0.3) is 0 Å². The second-order valence-corrected chi connectivity index (χ2v) is 9.10. The number of thiophene rings is 1. The number of aromatic nitrogens is 3. The third-order valence-electron chi connectivity index (χ3n) is 6.07. The summed E-state index contributed by atoms with van der Waals surface area (Å²) < 4.78 is 7.23. The van der Waals surface area contributed by atoms with E-state index in [1.165, 1.54) is 23.3 Å². The molecule has 3 aromatic rings. The summed E-state index contributed by atoms with van der Waals surface area (Å²) in [6.07, 6.45) is 4.78. The number of hydrogen-bond donors (Lipinski definition) is 1. The molecule has 0 radical (unpaired) electrons. The van der Waals surface area contributed by atoms with E-state index in [0.29, 0.717) is 12.5 Å². The Morgan fingerprint density at radius 3 is 2.72 bits per heavy atom. The molecule has 5 rings (SSSR count). The van der Waals surface area contributed by atoms with Gasteiger partial charge in [0.1, 0.15) is 5.75 Å². The van der Waals surface area contributed by atoms with E-state index in [1.807, 2.05) is 23.0 Å². The molecule has 1 aliphatic heterocycles. The molecule has 3 unspecified atom stereocenters. The van der Waals surface area contributed by atoms with Crippen molar-refractivity contribution < 1.29 is 9.84 Å². The van der Waals surface area contributed by atoms with Crippen LogP contribution < -0.4 is 4.74 Å². The minimum absolute atomic E-state index is 0.0679. The predicted molar refractivity (Wildman–Crippen MR) is 112 cm³/mol. The summed E-state index contributed by atoms with van der Waals surface area (Å²) >= 11 is 1.76. The van der Waals surface area contributed by atoms with Gasteiger partial charge in [0.2, 0.25) is 0 Å². The maximum atomic E-state index is 11.0. The Hall–Kier alpha value is -2.22. The van der Waals surface area contributed by atoms with Crippen LogP contribution in [0.5, 0.6) is 5.75 Å². The third kappa shape index (κ3) is 3.95. The predicted octanol–water partition coefficient (Wildman–Crippen LogP) is 3.77. The van der Waals surface area contributed by atoms with Crippen LogP contribution in [0, 0.1) is 0 Å². The van der Waals surface area contributed by atoms with E-state index < -0.39 is 6.10 Å². The van der Waals surface area contributed by atoms with Crippen LogP contribution in [0.15, 0.2) is 48.0 Å². The summed E-state index contributed by atoms with van der Waals surface area (Å²) in [7, 11) is 1.69. The Balaban J connectivity index is 1.42. The molecule has 6 nitrogen and oxygen atoms in total. The van der Waals surface area contributed by atoms with Crippen molar-refractivity contribution in [3.8, 4) is 5.75 Å². The number of β-amino-alcohol motifs (C(OH)–C–C–N with tert-alkyl or cyclic N) is 1. The molecule has 3 heterocycles. The molecule has 1 saturated carbocycles. The molecule has 29 heavy (non-hydrogen) atoms. The Bertz CT molecular complexity index is 936. The number of hydrogen-bond acceptors (Lipinski definition) is 6. The fourth-order valence-corrected chi connectivity index (χ4v) is 5.01. The van der Waals surface area contributed by atoms with Crippen LogP contribution in [0.3, 0.4) is 0 Å². The van der Waals surface area contributed by atoms with Crippen molar-refractivity contribution in [3.05, 3.63) is 64.1 Å². The van der Waals surface area contributed by atoms with Gasteiger partial charge in [-0.05, 0) is 48.4 Å². The number of ether oxygens (including phenoxy) is 1. The van der Waals surface area contributed by atoms with Crippen LogP contribution in [0.1, 0.15) is 53.4 Å². The van der Waals surface area contributed by atoms with Crippen LogP contribution in [0.4, 0.5) is 0 Å². The average Bonchev–Trinajstić information content (AvgIpc) is 3.24. The number of benzene rings is 1. The fourth-order valence-electron chi connectivity index (χ4n) is 4.28. The van der Waals surface area contributed by atoms with Gasteiger partial charge in [-0.25, -0.2) is 4.68 Å². The van der Waals surface area contributed by atoms with E-state index in [2.05, 4.69) is 44.9 Å². The van der Waals surface area contributed by atoms with Gasteiger partial charge in [0, 0.05) is 36.1 Å². The maximum absolute atomic E-state index is 11.0. The molecule has 2 aliphatic rings. The first-order valence-electron chi connectivity index (χ1n) is 10.2. The zero-order chi connectivity index (χ0) is 19.8. The van der Waals surface area contributed by atoms with Crippen molar-refractivity contribution in [2.45, 2.75) is 49.9 Å². The van der Waals surface area contributed by atoms with Crippen molar-refractivity contribution in [1.29, 1.82) is 0 Å². The first kappa shape index (κ1) is 18.8. The lowest BCUT2D eigenvalue weighted by Crippen LogP contribution is -2.46. The van der Waals surface area contributed by atoms with Crippen LogP contribution >= 0.6 is 11.3 Å². The first-order valence-corrected chi connectivity index (χ1v) is 11.1. The van der Waals surface area contributed by atoms with Crippen LogP contribution in [-0.2, 0) is 6.54 Å². The number of methoxy groups -OCH3 is 1. The molecule has 0 bridgehead atoms. The van der Waals surface area contributed by atoms with Crippen LogP contribution in [-0.4, -0.2) is 44.8 Å². The van der Waals surface area contributed by atoms with Gasteiger partial charge >= 0.3 is 0 Å². The topological polar surface area (TPSA) is 63.4 Å². The SMILES string of the molecule is COc1ccc(C2CC(n3cc(C4CC4)nn3)C(O)CN2Cc2cccs2)cc1. The Morgan fingerprint density at radius 1 is 1.21 bits per heavy atom. The third-order valence-corrected chi connectivity index (χ3v) is 6.94. The van der Waals surface area contributed by atoms with E-state index in [-0.39, 0.29) is 12.1 Å². The molecule has 3 atom stereocenters. The monoisotopic (exact) mass is 410 g/mol. The lowest BCUT2D eigenvalue weighted by Gasteiger charge is -2.42. The molecule has 1 aromatic carbocycles. The lowest BCUT2D eigenvalue weighted by molar-refractivity contribution is -0.0131. The minimum atomic E-state index is -0.474. The van der Waals surface area contributed by atoms with E-state index in [1.54, 1.807) is 18.4 Å². The summed E-state index contributed by atoms with van der Waals surface area (Å²) in [5, 5.41) is 21.8. The second-order valence-electron chi connectivity index (χ2n) is 8.07. The standard InChI is InChI=1S/C22H26N4O2S/c1-28-17-8-6-16(7-9-17)20-11-21(26-13-19(23-24-26)15-4-5-15)22(27)14-25(20)12-18-3-2-10-29-18/h2-3,6-10,13,15,20-22,27H,4-5,11-12,14H2,1H3. The molecule has 1 N–H and O–H groups in total. The lowest BCUT2D eigenvalue weighted by atomic mass is 9.90. The van der Waals surface area contributed by atoms with Crippen LogP contribution in [0.2, 0.25) is 0 Å². The number of piperidine rings is 1. The zero-order valence-electron chi connectivity index (χ0n) is 16.5. The minimum Gasteiger partial charge on any atom is -0.497 e. The number of aliphatic hydroxyl groups excluding tert-OH is 1. The van der Waals surface area contributed by atoms with Crippen molar-refractivity contribution in [1.82, 2.24) is 19.9 Å². The van der Waals surface area contributed by atoms with Crippen molar-refractivity contribution in [3.63, 3.8) is 0 Å². The molecular weight excluding hydrogens is 384 g/mol. The van der Waals surface area contributed by atoms with Gasteiger partial charge in [0.25, 0.3) is 0 Å². The normalized spacial score (nSPS) is 25.2. The number of rotatable bonds is 6. The van der Waals surface area contributed by atoms with Crippen molar-refractivity contribution >= 4 is 11.3 Å². The molecule has 0 spiro atoms. The highest BCUT2D eigenvalue weighted by molar-refractivity contribution is 7.09. The molecule has 1 aliphatic carbocycles. The van der Waals surface area contributed by atoms with E-state index in [4.69, 9.17) is 4.74 Å². The molecule has 7 heteroatoms. The van der Waals surface area contributed by atoms with Gasteiger partial charge in [0.15, 0.2) is 0 Å². The second kappa shape index (κ2) is 7.89. The largest absolute Gasteiger partial charge is 0.497 e. The highest BCUT2D eigenvalue weighted by Crippen LogP contribution is 2.41. The highest BCUT2D eigenvalue weighted by atomic mass is 32.1. The van der Waals surface area contributed by atoms with Gasteiger partial charge in [-0.2, -0.15) is 0 Å². The van der Waals surface area contributed by atoms with E-state index in [0.717, 1.165) is 24.4 Å². The summed E-state index contributed by atoms with van der Waals surface area (Å²) in [6.45, 7) is 1.45. The summed E-state index contributed by atoms with van der Waals surface area (Å²) in [5.74, 6) is 1.42. The maximum Gasteiger partial charge on any atom is 0.118 e. The number of aliphatic hydroxyl groups is 1. The molecule has 1 saturated heterocycles. The zero-order valence-corrected chi connectivity index (χ0v) is 17.3. The summed E-state index contributed by atoms with van der Waals surface area (Å²) in [4.78, 5) is 3.69. The van der Waals surface area contributed by atoms with Gasteiger partial charge < -0.3 is 9.84 Å². The Kier molecular flexibility index (Phi) is 5.11. The fraction of sp³-hybridized carbons (Fsp3) is 0.455. The summed E-state index contributed by atoms with van der Waals surface area (Å²) in [6, 6.07) is 12.7. The highest BCUT2D eigenvalue weighted by Gasteiger charge is 2.38. The first-order chi connectivity index (χ1) is 14.2. The quantitative estimate of drug-likeness (QED) is 0.670. The van der Waals surface area contributed by atoms with Crippen molar-refractivity contribution in [2.75, 3.05) is 13.7 Å².